The number of halogens is 1. The first kappa shape index (κ1) is 16.2. The lowest BCUT2D eigenvalue weighted by atomic mass is 10.1. The molecule has 0 bridgehead atoms. The second-order valence-electron chi connectivity index (χ2n) is 6.38. The van der Waals surface area contributed by atoms with E-state index in [1.165, 1.54) is 6.07 Å². The SMILES string of the molecule is Cc1cccc(F)c1NC(=O)N1CC[C@@H](CN2CCOCC2)C1. The molecule has 2 fully saturated rings. The van der Waals surface area contributed by atoms with E-state index in [-0.39, 0.29) is 17.5 Å². The van der Waals surface area contributed by atoms with Crippen LogP contribution in [0, 0.1) is 18.7 Å². The highest BCUT2D eigenvalue weighted by Crippen LogP contribution is 2.22. The molecule has 1 atom stereocenters. The van der Waals surface area contributed by atoms with Crippen LogP contribution in [0.3, 0.4) is 0 Å². The summed E-state index contributed by atoms with van der Waals surface area (Å²) >= 11 is 0. The highest BCUT2D eigenvalue weighted by Gasteiger charge is 2.28. The van der Waals surface area contributed by atoms with E-state index < -0.39 is 0 Å². The number of rotatable bonds is 3. The fraction of sp³-hybridized carbons (Fsp3) is 0.588. The Bertz CT molecular complexity index is 541. The number of aryl methyl sites for hydroxylation is 1. The Morgan fingerprint density at radius 3 is 2.87 bits per heavy atom. The summed E-state index contributed by atoms with van der Waals surface area (Å²) in [5, 5.41) is 2.72. The van der Waals surface area contributed by atoms with Crippen LogP contribution in [0.15, 0.2) is 18.2 Å². The summed E-state index contributed by atoms with van der Waals surface area (Å²) in [7, 11) is 0. The number of nitrogens with zero attached hydrogens (tertiary/aromatic N) is 2. The summed E-state index contributed by atoms with van der Waals surface area (Å²) < 4.78 is 19.2. The Morgan fingerprint density at radius 2 is 2.13 bits per heavy atom. The number of carbonyl (C=O) groups is 1. The molecule has 0 aliphatic carbocycles. The normalized spacial score (nSPS) is 22.3. The Morgan fingerprint density at radius 1 is 1.35 bits per heavy atom. The fourth-order valence-corrected chi connectivity index (χ4v) is 3.29. The molecule has 0 aromatic heterocycles. The van der Waals surface area contributed by atoms with Gasteiger partial charge in [-0.15, -0.1) is 0 Å². The van der Waals surface area contributed by atoms with Crippen molar-refractivity contribution in [1.29, 1.82) is 0 Å². The smallest absolute Gasteiger partial charge is 0.321 e. The Labute approximate surface area is 136 Å². The first-order valence-corrected chi connectivity index (χ1v) is 8.24. The van der Waals surface area contributed by atoms with Crippen molar-refractivity contribution in [3.05, 3.63) is 29.6 Å². The highest BCUT2D eigenvalue weighted by molar-refractivity contribution is 5.90. The van der Waals surface area contributed by atoms with Crippen molar-refractivity contribution in [3.63, 3.8) is 0 Å². The van der Waals surface area contributed by atoms with E-state index in [0.717, 1.165) is 57.9 Å². The molecule has 0 radical (unpaired) electrons. The van der Waals surface area contributed by atoms with E-state index in [9.17, 15) is 9.18 Å². The summed E-state index contributed by atoms with van der Waals surface area (Å²) in [4.78, 5) is 16.6. The van der Waals surface area contributed by atoms with Crippen LogP contribution in [-0.4, -0.2) is 61.8 Å². The molecule has 1 aromatic carbocycles. The van der Waals surface area contributed by atoms with E-state index in [1.54, 1.807) is 24.0 Å². The van der Waals surface area contributed by atoms with Crippen LogP contribution in [-0.2, 0) is 4.74 Å². The standard InChI is InChI=1S/C17H24FN3O2/c1-13-3-2-4-15(18)16(13)19-17(22)21-6-5-14(12-21)11-20-7-9-23-10-8-20/h2-4,14H,5-12H2,1H3,(H,19,22)/t14-/m0/s1. The van der Waals surface area contributed by atoms with Crippen LogP contribution < -0.4 is 5.32 Å². The molecule has 1 N–H and O–H groups in total. The number of benzene rings is 1. The molecule has 2 aliphatic heterocycles. The van der Waals surface area contributed by atoms with E-state index in [1.807, 2.05) is 0 Å². The predicted octanol–water partition coefficient (Wildman–Crippen LogP) is 2.32. The van der Waals surface area contributed by atoms with E-state index in [2.05, 4.69) is 10.2 Å². The summed E-state index contributed by atoms with van der Waals surface area (Å²) in [6.07, 6.45) is 1.00. The van der Waals surface area contributed by atoms with Gasteiger partial charge in [-0.2, -0.15) is 0 Å². The van der Waals surface area contributed by atoms with Gasteiger partial charge in [0.15, 0.2) is 0 Å². The predicted molar refractivity (Wildman–Crippen MR) is 87.1 cm³/mol. The Hall–Kier alpha value is -1.66. The number of urea groups is 1. The minimum absolute atomic E-state index is 0.206. The molecule has 2 amide bonds. The molecule has 2 aliphatic rings. The lowest BCUT2D eigenvalue weighted by Crippen LogP contribution is -2.40. The van der Waals surface area contributed by atoms with Gasteiger partial charge in [0.25, 0.3) is 0 Å². The molecule has 6 heteroatoms. The molecule has 0 unspecified atom stereocenters. The largest absolute Gasteiger partial charge is 0.379 e. The van der Waals surface area contributed by atoms with Crippen molar-refractivity contribution < 1.29 is 13.9 Å². The van der Waals surface area contributed by atoms with Crippen molar-refractivity contribution in [2.45, 2.75) is 13.3 Å². The molecule has 3 rings (SSSR count). The molecular formula is C17H24FN3O2. The van der Waals surface area contributed by atoms with Crippen molar-refractivity contribution in [1.82, 2.24) is 9.80 Å². The molecule has 0 saturated carbocycles. The zero-order chi connectivity index (χ0) is 16.2. The van der Waals surface area contributed by atoms with Crippen molar-refractivity contribution >= 4 is 11.7 Å². The zero-order valence-electron chi connectivity index (χ0n) is 13.6. The van der Waals surface area contributed by atoms with Gasteiger partial charge in [0, 0.05) is 32.7 Å². The zero-order valence-corrected chi connectivity index (χ0v) is 13.6. The molecule has 23 heavy (non-hydrogen) atoms. The van der Waals surface area contributed by atoms with Gasteiger partial charge >= 0.3 is 6.03 Å². The third-order valence-electron chi connectivity index (χ3n) is 4.65. The van der Waals surface area contributed by atoms with Gasteiger partial charge in [-0.25, -0.2) is 9.18 Å². The third-order valence-corrected chi connectivity index (χ3v) is 4.65. The lowest BCUT2D eigenvalue weighted by Gasteiger charge is -2.29. The average molecular weight is 321 g/mol. The number of ether oxygens (including phenoxy) is 1. The maximum Gasteiger partial charge on any atom is 0.321 e. The summed E-state index contributed by atoms with van der Waals surface area (Å²) in [6, 6.07) is 4.61. The summed E-state index contributed by atoms with van der Waals surface area (Å²) in [5.41, 5.74) is 1.02. The number of para-hydroxylation sites is 1. The average Bonchev–Trinajstić information content (AvgIpc) is 3.00. The highest BCUT2D eigenvalue weighted by atomic mass is 19.1. The fourth-order valence-electron chi connectivity index (χ4n) is 3.29. The molecule has 2 heterocycles. The van der Waals surface area contributed by atoms with Gasteiger partial charge in [0.1, 0.15) is 5.82 Å². The van der Waals surface area contributed by atoms with Crippen molar-refractivity contribution in [2.75, 3.05) is 51.3 Å². The minimum Gasteiger partial charge on any atom is -0.379 e. The molecular weight excluding hydrogens is 297 g/mol. The lowest BCUT2D eigenvalue weighted by molar-refractivity contribution is 0.0314. The number of amides is 2. The number of hydrogen-bond acceptors (Lipinski definition) is 3. The van der Waals surface area contributed by atoms with Gasteiger partial charge in [0.05, 0.1) is 18.9 Å². The molecule has 2 saturated heterocycles. The van der Waals surface area contributed by atoms with Crippen LogP contribution in [0.1, 0.15) is 12.0 Å². The third kappa shape index (κ3) is 4.00. The van der Waals surface area contributed by atoms with Crippen molar-refractivity contribution in [3.8, 4) is 0 Å². The number of anilines is 1. The summed E-state index contributed by atoms with van der Waals surface area (Å²) in [6.45, 7) is 7.79. The maximum atomic E-state index is 13.8. The first-order chi connectivity index (χ1) is 11.1. The molecule has 5 nitrogen and oxygen atoms in total. The van der Waals surface area contributed by atoms with Crippen LogP contribution in [0.4, 0.5) is 14.9 Å². The van der Waals surface area contributed by atoms with Gasteiger partial charge in [-0.05, 0) is 30.9 Å². The van der Waals surface area contributed by atoms with Crippen LogP contribution in [0.25, 0.3) is 0 Å². The second-order valence-corrected chi connectivity index (χ2v) is 6.38. The van der Waals surface area contributed by atoms with Gasteiger partial charge in [-0.3, -0.25) is 4.90 Å². The van der Waals surface area contributed by atoms with Crippen LogP contribution >= 0.6 is 0 Å². The first-order valence-electron chi connectivity index (χ1n) is 8.24. The number of nitrogens with one attached hydrogen (secondary N) is 1. The van der Waals surface area contributed by atoms with Gasteiger partial charge in [0.2, 0.25) is 0 Å². The molecule has 0 spiro atoms. The van der Waals surface area contributed by atoms with E-state index in [0.29, 0.717) is 5.92 Å². The Kier molecular flexibility index (Phi) is 5.13. The number of likely N-dealkylation sites (tertiary alicyclic amines) is 1. The molecule has 126 valence electrons. The second kappa shape index (κ2) is 7.27. The van der Waals surface area contributed by atoms with Crippen LogP contribution in [0.5, 0.6) is 0 Å². The Balaban J connectivity index is 1.53. The monoisotopic (exact) mass is 321 g/mol. The van der Waals surface area contributed by atoms with Crippen LogP contribution in [0.2, 0.25) is 0 Å². The van der Waals surface area contributed by atoms with Gasteiger partial charge in [-0.1, -0.05) is 12.1 Å². The summed E-state index contributed by atoms with van der Waals surface area (Å²) in [5.74, 6) is 0.1000. The maximum absolute atomic E-state index is 13.8. The van der Waals surface area contributed by atoms with Crippen molar-refractivity contribution in [2.24, 2.45) is 5.92 Å². The quantitative estimate of drug-likeness (QED) is 0.929. The van der Waals surface area contributed by atoms with Gasteiger partial charge < -0.3 is 15.0 Å². The number of hydrogen-bond donors (Lipinski definition) is 1. The van der Waals surface area contributed by atoms with E-state index >= 15 is 0 Å². The molecule has 1 aromatic rings. The minimum atomic E-state index is -0.387. The topological polar surface area (TPSA) is 44.8 Å². The number of carbonyl (C=O) groups excluding carboxylic acids is 1. The number of morpholine rings is 1. The van der Waals surface area contributed by atoms with E-state index in [4.69, 9.17) is 4.74 Å².